The molecule has 3 aromatic carbocycles. The van der Waals surface area contributed by atoms with E-state index >= 15 is 0 Å². The Kier molecular flexibility index (Phi) is 4.84. The van der Waals surface area contributed by atoms with E-state index in [1.807, 2.05) is 67.6 Å². The van der Waals surface area contributed by atoms with Crippen LogP contribution < -0.4 is 4.74 Å². The molecule has 1 aliphatic rings. The van der Waals surface area contributed by atoms with E-state index in [0.717, 1.165) is 16.7 Å². The normalized spacial score (nSPS) is 16.6. The van der Waals surface area contributed by atoms with Gasteiger partial charge in [0.05, 0.1) is 10.6 Å². The molecule has 0 aliphatic carbocycles. The second-order valence-electron chi connectivity index (χ2n) is 6.59. The maximum atomic E-state index is 13.0. The van der Waals surface area contributed by atoms with E-state index in [1.165, 1.54) is 0 Å². The molecule has 140 valence electrons. The third kappa shape index (κ3) is 3.75. The summed E-state index contributed by atoms with van der Waals surface area (Å²) in [5.74, 6) is 0.630. The third-order valence-electron chi connectivity index (χ3n) is 4.50. The smallest absolute Gasteiger partial charge is 0.282 e. The highest BCUT2D eigenvalue weighted by Crippen LogP contribution is 2.30. The molecule has 0 atom stereocenters. The maximum Gasteiger partial charge on any atom is 0.282 e. The Bertz CT molecular complexity index is 1160. The Labute approximate surface area is 164 Å². The second kappa shape index (κ2) is 7.44. The first-order valence-electron chi connectivity index (χ1n) is 8.93. The van der Waals surface area contributed by atoms with Crippen LogP contribution in [0, 0.1) is 6.92 Å². The molecule has 0 amide bonds. The summed E-state index contributed by atoms with van der Waals surface area (Å²) in [5, 5.41) is 0. The number of fused-ring (bicyclic) bond motifs is 1. The Balaban J connectivity index is 1.87. The van der Waals surface area contributed by atoms with Gasteiger partial charge in [-0.2, -0.15) is 12.8 Å². The van der Waals surface area contributed by atoms with E-state index in [0.29, 0.717) is 17.0 Å². The summed E-state index contributed by atoms with van der Waals surface area (Å²) in [7, 11) is -3.85. The largest absolute Gasteiger partial charge is 0.488 e. The summed E-state index contributed by atoms with van der Waals surface area (Å²) >= 11 is 0. The van der Waals surface area contributed by atoms with Crippen LogP contribution in [0.2, 0.25) is 0 Å². The van der Waals surface area contributed by atoms with Gasteiger partial charge in [-0.1, -0.05) is 60.2 Å². The fourth-order valence-electron chi connectivity index (χ4n) is 3.04. The van der Waals surface area contributed by atoms with Crippen molar-refractivity contribution in [1.29, 1.82) is 0 Å². The molecule has 0 unspecified atom stereocenters. The van der Waals surface area contributed by atoms with Crippen molar-refractivity contribution < 1.29 is 13.2 Å². The molecule has 3 aromatic rings. The monoisotopic (exact) mass is 389 g/mol. The van der Waals surface area contributed by atoms with Crippen LogP contribution in [-0.2, 0) is 10.0 Å². The van der Waals surface area contributed by atoms with Gasteiger partial charge >= 0.3 is 0 Å². The highest BCUT2D eigenvalue weighted by atomic mass is 32.2. The van der Waals surface area contributed by atoms with Crippen LogP contribution in [0.1, 0.15) is 16.7 Å². The predicted molar refractivity (Wildman–Crippen MR) is 111 cm³/mol. The molecular weight excluding hydrogens is 370 g/mol. The molecule has 0 saturated carbocycles. The molecule has 0 spiro atoms. The van der Waals surface area contributed by atoms with Crippen molar-refractivity contribution in [1.82, 2.24) is 0 Å². The Morgan fingerprint density at radius 1 is 0.893 bits per heavy atom. The number of ether oxygens (including phenoxy) is 1. The number of sulfonamides is 1. The van der Waals surface area contributed by atoms with Gasteiger partial charge in [-0.15, -0.1) is 0 Å². The molecule has 0 saturated heterocycles. The number of rotatable bonds is 3. The molecule has 0 radical (unpaired) electrons. The van der Waals surface area contributed by atoms with Crippen LogP contribution in [0.3, 0.4) is 0 Å². The van der Waals surface area contributed by atoms with Crippen molar-refractivity contribution >= 4 is 21.8 Å². The van der Waals surface area contributed by atoms with E-state index in [2.05, 4.69) is 4.40 Å². The number of hydrogen-bond acceptors (Lipinski definition) is 3. The first kappa shape index (κ1) is 18.2. The molecular formula is C23H19NO3S. The lowest BCUT2D eigenvalue weighted by Gasteiger charge is -2.22. The molecule has 0 fully saturated rings. The minimum atomic E-state index is -3.85. The van der Waals surface area contributed by atoms with Crippen molar-refractivity contribution in [2.45, 2.75) is 11.8 Å². The van der Waals surface area contributed by atoms with Crippen LogP contribution in [0.4, 0.5) is 0 Å². The van der Waals surface area contributed by atoms with E-state index in [4.69, 9.17) is 4.74 Å². The average molecular weight is 389 g/mol. The zero-order valence-electron chi connectivity index (χ0n) is 15.4. The van der Waals surface area contributed by atoms with E-state index in [1.54, 1.807) is 24.3 Å². The van der Waals surface area contributed by atoms with Gasteiger partial charge in [-0.05, 0) is 42.8 Å². The third-order valence-corrected chi connectivity index (χ3v) is 5.79. The van der Waals surface area contributed by atoms with Crippen molar-refractivity contribution in [3.63, 3.8) is 0 Å². The highest BCUT2D eigenvalue weighted by molar-refractivity contribution is 7.90. The van der Waals surface area contributed by atoms with Gasteiger partial charge in [-0.3, -0.25) is 0 Å². The molecule has 4 rings (SSSR count). The SMILES string of the molecule is Cc1ccc(S(=O)(=O)/N=C2/C(=C/c3ccccc3)COc3ccccc32)cc1. The van der Waals surface area contributed by atoms with Gasteiger partial charge in [-0.25, -0.2) is 0 Å². The standard InChI is InChI=1S/C23H19NO3S/c1-17-11-13-20(14-12-17)28(25,26)24-23-19(15-18-7-3-2-4-8-18)16-27-22-10-6-5-9-21(22)23/h2-15H,16H2,1H3/b19-15+,24-23-. The minimum absolute atomic E-state index is 0.175. The van der Waals surface area contributed by atoms with Crippen LogP contribution in [0.25, 0.3) is 6.08 Å². The first-order chi connectivity index (χ1) is 13.5. The fraction of sp³-hybridized carbons (Fsp3) is 0.0870. The maximum absolute atomic E-state index is 13.0. The second-order valence-corrected chi connectivity index (χ2v) is 8.20. The summed E-state index contributed by atoms with van der Waals surface area (Å²) < 4.78 is 36.0. The quantitative estimate of drug-likeness (QED) is 0.655. The molecule has 28 heavy (non-hydrogen) atoms. The first-order valence-corrected chi connectivity index (χ1v) is 10.4. The van der Waals surface area contributed by atoms with Gasteiger partial charge in [0.25, 0.3) is 10.0 Å². The van der Waals surface area contributed by atoms with Crippen LogP contribution in [-0.4, -0.2) is 20.7 Å². The van der Waals surface area contributed by atoms with E-state index in [-0.39, 0.29) is 11.5 Å². The van der Waals surface area contributed by atoms with Crippen LogP contribution in [0.5, 0.6) is 5.75 Å². The van der Waals surface area contributed by atoms with Gasteiger partial charge < -0.3 is 4.74 Å². The zero-order chi connectivity index (χ0) is 19.6. The summed E-state index contributed by atoms with van der Waals surface area (Å²) in [6, 6.07) is 23.8. The lowest BCUT2D eigenvalue weighted by atomic mass is 9.98. The minimum Gasteiger partial charge on any atom is -0.488 e. The zero-order valence-corrected chi connectivity index (χ0v) is 16.2. The van der Waals surface area contributed by atoms with Gasteiger partial charge in [0.1, 0.15) is 12.4 Å². The molecule has 4 nitrogen and oxygen atoms in total. The molecule has 1 heterocycles. The number of benzene rings is 3. The molecule has 0 bridgehead atoms. The number of nitrogens with zero attached hydrogens (tertiary/aromatic N) is 1. The van der Waals surface area contributed by atoms with Crippen molar-refractivity contribution in [3.8, 4) is 5.75 Å². The average Bonchev–Trinajstić information content (AvgIpc) is 2.71. The van der Waals surface area contributed by atoms with E-state index < -0.39 is 10.0 Å². The number of aryl methyl sites for hydroxylation is 1. The lowest BCUT2D eigenvalue weighted by molar-refractivity contribution is 0.352. The summed E-state index contributed by atoms with van der Waals surface area (Å²) in [6.07, 6.45) is 1.92. The number of hydrogen-bond donors (Lipinski definition) is 0. The molecule has 0 N–H and O–H groups in total. The molecule has 1 aliphatic heterocycles. The van der Waals surface area contributed by atoms with Gasteiger partial charge in [0.15, 0.2) is 0 Å². The Morgan fingerprint density at radius 3 is 2.32 bits per heavy atom. The predicted octanol–water partition coefficient (Wildman–Crippen LogP) is 4.65. The Morgan fingerprint density at radius 2 is 1.57 bits per heavy atom. The van der Waals surface area contributed by atoms with E-state index in [9.17, 15) is 8.42 Å². The lowest BCUT2D eigenvalue weighted by Crippen LogP contribution is -2.21. The molecule has 5 heteroatoms. The summed E-state index contributed by atoms with van der Waals surface area (Å²) in [6.45, 7) is 2.17. The summed E-state index contributed by atoms with van der Waals surface area (Å²) in [5.41, 5.74) is 3.77. The highest BCUT2D eigenvalue weighted by Gasteiger charge is 2.24. The molecule has 0 aromatic heterocycles. The summed E-state index contributed by atoms with van der Waals surface area (Å²) in [4.78, 5) is 0.175. The van der Waals surface area contributed by atoms with Crippen molar-refractivity contribution in [2.24, 2.45) is 4.40 Å². The van der Waals surface area contributed by atoms with Gasteiger partial charge in [0, 0.05) is 11.1 Å². The Hall–Kier alpha value is -3.18. The number of para-hydroxylation sites is 1. The fourth-order valence-corrected chi connectivity index (χ4v) is 4.08. The van der Waals surface area contributed by atoms with Gasteiger partial charge in [0.2, 0.25) is 0 Å². The van der Waals surface area contributed by atoms with Crippen LogP contribution >= 0.6 is 0 Å². The van der Waals surface area contributed by atoms with Crippen molar-refractivity contribution in [2.75, 3.05) is 6.61 Å². The van der Waals surface area contributed by atoms with Crippen molar-refractivity contribution in [3.05, 3.63) is 101 Å². The topological polar surface area (TPSA) is 55.7 Å². The van der Waals surface area contributed by atoms with Crippen LogP contribution in [0.15, 0.2) is 93.7 Å².